The smallest absolute Gasteiger partial charge is 0.166 e. The van der Waals surface area contributed by atoms with Gasteiger partial charge in [-0.2, -0.15) is 10.5 Å². The number of hydrogen-bond acceptors (Lipinski definition) is 4. The highest BCUT2D eigenvalue weighted by Gasteiger charge is 2.49. The van der Waals surface area contributed by atoms with E-state index in [2.05, 4.69) is 12.1 Å². The van der Waals surface area contributed by atoms with E-state index in [1.807, 2.05) is 12.1 Å². The number of nitrogens with zero attached hydrogens (tertiary/aromatic N) is 2. The molecule has 1 aliphatic heterocycles. The standard InChI is InChI=1S/C16H16N2O2/c1-19-13-5-3-11-2-4-12(6-8-17)16(10-18)7-9-20-15(13)14(11)16/h3,5,12H,2,4,6-7,9H2,1H3/t12-,16+/m0/s1. The maximum Gasteiger partial charge on any atom is 0.166 e. The Morgan fingerprint density at radius 2 is 2.30 bits per heavy atom. The fourth-order valence-corrected chi connectivity index (χ4v) is 3.62. The molecule has 1 aliphatic carbocycles. The van der Waals surface area contributed by atoms with Crippen molar-refractivity contribution in [3.8, 4) is 23.6 Å². The van der Waals surface area contributed by atoms with Crippen LogP contribution in [0.2, 0.25) is 0 Å². The Kier molecular flexibility index (Phi) is 3.03. The first-order valence-electron chi connectivity index (χ1n) is 6.88. The molecule has 20 heavy (non-hydrogen) atoms. The molecule has 0 unspecified atom stereocenters. The lowest BCUT2D eigenvalue weighted by Crippen LogP contribution is -2.42. The number of benzene rings is 1. The summed E-state index contributed by atoms with van der Waals surface area (Å²) in [7, 11) is 1.61. The van der Waals surface area contributed by atoms with Crippen molar-refractivity contribution in [2.24, 2.45) is 5.92 Å². The number of hydrogen-bond donors (Lipinski definition) is 0. The molecule has 0 spiro atoms. The highest BCUT2D eigenvalue weighted by atomic mass is 16.5. The molecule has 102 valence electrons. The highest BCUT2D eigenvalue weighted by molar-refractivity contribution is 5.59. The summed E-state index contributed by atoms with van der Waals surface area (Å²) in [5, 5.41) is 18.9. The van der Waals surface area contributed by atoms with Crippen LogP contribution in [0, 0.1) is 28.6 Å². The molecule has 1 heterocycles. The third kappa shape index (κ3) is 1.58. The van der Waals surface area contributed by atoms with Crippen LogP contribution in [0.1, 0.15) is 30.4 Å². The second-order valence-corrected chi connectivity index (χ2v) is 5.41. The first kappa shape index (κ1) is 12.8. The number of rotatable bonds is 2. The number of aryl methyl sites for hydroxylation is 1. The molecule has 4 nitrogen and oxygen atoms in total. The monoisotopic (exact) mass is 268 g/mol. The highest BCUT2D eigenvalue weighted by Crippen LogP contribution is 2.53. The summed E-state index contributed by atoms with van der Waals surface area (Å²) in [4.78, 5) is 0. The summed E-state index contributed by atoms with van der Waals surface area (Å²) in [5.41, 5.74) is 1.54. The number of nitriles is 2. The molecule has 4 heteroatoms. The predicted octanol–water partition coefficient (Wildman–Crippen LogP) is 2.72. The molecule has 3 rings (SSSR count). The minimum absolute atomic E-state index is 0.0831. The van der Waals surface area contributed by atoms with Crippen LogP contribution in [0.25, 0.3) is 0 Å². The van der Waals surface area contributed by atoms with Crippen LogP contribution in [0.3, 0.4) is 0 Å². The summed E-state index contributed by atoms with van der Waals surface area (Å²) in [6.07, 6.45) is 2.86. The largest absolute Gasteiger partial charge is 0.493 e. The van der Waals surface area contributed by atoms with Crippen molar-refractivity contribution in [2.45, 2.75) is 31.1 Å². The first-order valence-corrected chi connectivity index (χ1v) is 6.88. The van der Waals surface area contributed by atoms with E-state index < -0.39 is 5.41 Å². The summed E-state index contributed by atoms with van der Waals surface area (Å²) in [6, 6.07) is 8.69. The predicted molar refractivity (Wildman–Crippen MR) is 72.4 cm³/mol. The van der Waals surface area contributed by atoms with Gasteiger partial charge in [-0.1, -0.05) is 6.07 Å². The molecule has 2 aliphatic rings. The van der Waals surface area contributed by atoms with Crippen molar-refractivity contribution in [3.05, 3.63) is 23.3 Å². The minimum atomic E-state index is -0.592. The molecule has 0 saturated carbocycles. The molecule has 0 amide bonds. The van der Waals surface area contributed by atoms with Crippen molar-refractivity contribution < 1.29 is 9.47 Å². The van der Waals surface area contributed by atoms with Crippen molar-refractivity contribution in [1.82, 2.24) is 0 Å². The van der Waals surface area contributed by atoms with Crippen LogP contribution in [-0.2, 0) is 11.8 Å². The Labute approximate surface area is 118 Å². The molecule has 0 saturated heterocycles. The van der Waals surface area contributed by atoms with Gasteiger partial charge in [0, 0.05) is 18.4 Å². The van der Waals surface area contributed by atoms with Crippen molar-refractivity contribution >= 4 is 0 Å². The van der Waals surface area contributed by atoms with Gasteiger partial charge < -0.3 is 9.47 Å². The molecule has 0 aromatic heterocycles. The van der Waals surface area contributed by atoms with Crippen LogP contribution in [-0.4, -0.2) is 13.7 Å². The van der Waals surface area contributed by atoms with Gasteiger partial charge in [0.05, 0.1) is 31.3 Å². The molecule has 1 aromatic rings. The van der Waals surface area contributed by atoms with E-state index in [0.717, 1.165) is 24.0 Å². The quantitative estimate of drug-likeness (QED) is 0.827. The lowest BCUT2D eigenvalue weighted by Gasteiger charge is -2.43. The molecule has 0 fully saturated rings. The molecule has 0 N–H and O–H groups in total. The number of ether oxygens (including phenoxy) is 2. The summed E-state index contributed by atoms with van der Waals surface area (Å²) in [5.74, 6) is 1.47. The van der Waals surface area contributed by atoms with Crippen molar-refractivity contribution in [1.29, 1.82) is 10.5 Å². The van der Waals surface area contributed by atoms with Gasteiger partial charge in [0.2, 0.25) is 0 Å². The van der Waals surface area contributed by atoms with Crippen LogP contribution >= 0.6 is 0 Å². The lowest BCUT2D eigenvalue weighted by molar-refractivity contribution is 0.176. The summed E-state index contributed by atoms with van der Waals surface area (Å²) < 4.78 is 11.2. The van der Waals surface area contributed by atoms with E-state index >= 15 is 0 Å². The second kappa shape index (κ2) is 4.72. The maximum absolute atomic E-state index is 9.85. The second-order valence-electron chi connectivity index (χ2n) is 5.41. The Hall–Kier alpha value is -2.20. The van der Waals surface area contributed by atoms with Crippen LogP contribution in [0.4, 0.5) is 0 Å². The Bertz CT molecular complexity index is 627. The Balaban J connectivity index is 2.24. The maximum atomic E-state index is 9.85. The zero-order valence-corrected chi connectivity index (χ0v) is 11.5. The van der Waals surface area contributed by atoms with Crippen LogP contribution in [0.15, 0.2) is 12.1 Å². The SMILES string of the molecule is COc1ccc2c3c1OCC[C@@]3(C#N)[C@H](CC#N)CC2. The van der Waals surface area contributed by atoms with E-state index in [-0.39, 0.29) is 5.92 Å². The molecule has 2 atom stereocenters. The zero-order valence-electron chi connectivity index (χ0n) is 11.5. The van der Waals surface area contributed by atoms with Gasteiger partial charge in [-0.3, -0.25) is 0 Å². The Morgan fingerprint density at radius 1 is 1.45 bits per heavy atom. The third-order valence-electron chi connectivity index (χ3n) is 4.61. The van der Waals surface area contributed by atoms with Gasteiger partial charge in [-0.25, -0.2) is 0 Å². The normalized spacial score (nSPS) is 26.6. The molecule has 0 radical (unpaired) electrons. The third-order valence-corrected chi connectivity index (χ3v) is 4.61. The lowest BCUT2D eigenvalue weighted by atomic mass is 9.60. The van der Waals surface area contributed by atoms with E-state index in [1.54, 1.807) is 7.11 Å². The topological polar surface area (TPSA) is 66.0 Å². The van der Waals surface area contributed by atoms with E-state index in [0.29, 0.717) is 30.9 Å². The van der Waals surface area contributed by atoms with Crippen molar-refractivity contribution in [3.63, 3.8) is 0 Å². The van der Waals surface area contributed by atoms with Gasteiger partial charge in [0.1, 0.15) is 0 Å². The summed E-state index contributed by atoms with van der Waals surface area (Å²) in [6.45, 7) is 0.502. The Morgan fingerprint density at radius 3 is 3.00 bits per heavy atom. The fraction of sp³-hybridized carbons (Fsp3) is 0.500. The van der Waals surface area contributed by atoms with Gasteiger partial charge >= 0.3 is 0 Å². The molecule has 1 aromatic carbocycles. The first-order chi connectivity index (χ1) is 9.76. The summed E-state index contributed by atoms with van der Waals surface area (Å²) >= 11 is 0. The van der Waals surface area contributed by atoms with E-state index in [1.165, 1.54) is 0 Å². The van der Waals surface area contributed by atoms with Gasteiger partial charge in [-0.15, -0.1) is 0 Å². The van der Waals surface area contributed by atoms with E-state index in [4.69, 9.17) is 14.7 Å². The van der Waals surface area contributed by atoms with Gasteiger partial charge in [0.15, 0.2) is 11.5 Å². The molecular weight excluding hydrogens is 252 g/mol. The van der Waals surface area contributed by atoms with Crippen molar-refractivity contribution in [2.75, 3.05) is 13.7 Å². The molecule has 0 bridgehead atoms. The fourth-order valence-electron chi connectivity index (χ4n) is 3.62. The average molecular weight is 268 g/mol. The minimum Gasteiger partial charge on any atom is -0.493 e. The average Bonchev–Trinajstić information content (AvgIpc) is 2.50. The van der Waals surface area contributed by atoms with Crippen LogP contribution < -0.4 is 9.47 Å². The van der Waals surface area contributed by atoms with Gasteiger partial charge in [-0.05, 0) is 30.4 Å². The number of methoxy groups -OCH3 is 1. The molecular formula is C16H16N2O2. The van der Waals surface area contributed by atoms with E-state index in [9.17, 15) is 5.26 Å². The van der Waals surface area contributed by atoms with Crippen LogP contribution in [0.5, 0.6) is 11.5 Å². The zero-order chi connectivity index (χ0) is 14.2. The van der Waals surface area contributed by atoms with Gasteiger partial charge in [0.25, 0.3) is 0 Å².